The first-order chi connectivity index (χ1) is 35.0. The molecule has 0 aromatic heterocycles. The lowest BCUT2D eigenvalue weighted by molar-refractivity contribution is -0.167. The molecule has 6 nitrogen and oxygen atoms in total. The number of carbonyl (C=O) groups is 3. The Hall–Kier alpha value is -3.93. The molecule has 0 rings (SSSR count). The molecule has 0 aliphatic carbocycles. The van der Waals surface area contributed by atoms with Crippen LogP contribution in [-0.2, 0) is 28.6 Å². The number of rotatable bonds is 52. The second-order valence-electron chi connectivity index (χ2n) is 19.2. The van der Waals surface area contributed by atoms with E-state index >= 15 is 0 Å². The molecule has 6 heteroatoms. The molecule has 0 spiro atoms. The van der Waals surface area contributed by atoms with Crippen molar-refractivity contribution >= 4 is 17.9 Å². The van der Waals surface area contributed by atoms with Crippen molar-refractivity contribution in [2.75, 3.05) is 13.2 Å². The normalized spacial score (nSPS) is 12.9. The molecule has 0 saturated heterocycles. The zero-order valence-electron chi connectivity index (χ0n) is 46.2. The van der Waals surface area contributed by atoms with Crippen molar-refractivity contribution in [2.24, 2.45) is 0 Å². The molecule has 1 unspecified atom stereocenters. The summed E-state index contributed by atoms with van der Waals surface area (Å²) in [7, 11) is 0. The van der Waals surface area contributed by atoms with E-state index in [0.29, 0.717) is 19.3 Å². The van der Waals surface area contributed by atoms with Crippen molar-refractivity contribution in [1.29, 1.82) is 0 Å². The SMILES string of the molecule is CC/C=C\C/C=C\C/C=C\C/C=C\C/C=C\C/C=C\C/C=C\CCCCCC(=O)OCC(COC(=O)CCCCCCCCCCCCCC)OC(=O)CCCCCCC/C=C\C/C=C\CCCCCC. The molecule has 0 fully saturated rings. The average Bonchev–Trinajstić information content (AvgIpc) is 3.37. The Bertz CT molecular complexity index is 1460. The minimum atomic E-state index is -0.800. The average molecular weight is 986 g/mol. The number of allylic oxidation sites excluding steroid dienone is 18. The highest BCUT2D eigenvalue weighted by molar-refractivity contribution is 5.71. The Labute approximate surface area is 438 Å². The molecule has 0 radical (unpaired) electrons. The fourth-order valence-corrected chi connectivity index (χ4v) is 7.86. The van der Waals surface area contributed by atoms with Crippen LogP contribution in [0.25, 0.3) is 0 Å². The van der Waals surface area contributed by atoms with Crippen molar-refractivity contribution < 1.29 is 28.6 Å². The van der Waals surface area contributed by atoms with E-state index in [1.165, 1.54) is 89.9 Å². The number of unbranched alkanes of at least 4 members (excludes halogenated alkanes) is 23. The Balaban J connectivity index is 4.43. The van der Waals surface area contributed by atoms with Gasteiger partial charge in [-0.3, -0.25) is 14.4 Å². The second kappa shape index (κ2) is 58.6. The van der Waals surface area contributed by atoms with Crippen LogP contribution in [0.5, 0.6) is 0 Å². The van der Waals surface area contributed by atoms with Crippen molar-refractivity contribution in [3.63, 3.8) is 0 Å². The van der Waals surface area contributed by atoms with Crippen LogP contribution in [0.2, 0.25) is 0 Å². The van der Waals surface area contributed by atoms with Crippen LogP contribution in [0.4, 0.5) is 0 Å². The van der Waals surface area contributed by atoms with Gasteiger partial charge in [0.15, 0.2) is 6.10 Å². The van der Waals surface area contributed by atoms with Crippen LogP contribution in [0.1, 0.15) is 265 Å². The first kappa shape index (κ1) is 67.1. The molecule has 0 aliphatic rings. The Morgan fingerprint density at radius 1 is 0.296 bits per heavy atom. The predicted molar refractivity (Wildman–Crippen MR) is 307 cm³/mol. The number of carbonyl (C=O) groups excluding carboxylic acids is 3. The highest BCUT2D eigenvalue weighted by Crippen LogP contribution is 2.14. The van der Waals surface area contributed by atoms with Gasteiger partial charge in [-0.1, -0.05) is 246 Å². The third kappa shape index (κ3) is 56.9. The summed E-state index contributed by atoms with van der Waals surface area (Å²) in [5.41, 5.74) is 0. The van der Waals surface area contributed by atoms with Gasteiger partial charge in [0.1, 0.15) is 13.2 Å². The number of hydrogen-bond acceptors (Lipinski definition) is 6. The van der Waals surface area contributed by atoms with E-state index in [-0.39, 0.29) is 31.1 Å². The molecule has 0 saturated carbocycles. The molecule has 71 heavy (non-hydrogen) atoms. The van der Waals surface area contributed by atoms with Gasteiger partial charge in [0.05, 0.1) is 0 Å². The van der Waals surface area contributed by atoms with Gasteiger partial charge >= 0.3 is 17.9 Å². The van der Waals surface area contributed by atoms with Gasteiger partial charge in [-0.05, 0) is 109 Å². The van der Waals surface area contributed by atoms with Crippen molar-refractivity contribution in [1.82, 2.24) is 0 Å². The molecule has 0 aromatic carbocycles. The highest BCUT2D eigenvalue weighted by Gasteiger charge is 2.19. The van der Waals surface area contributed by atoms with Crippen molar-refractivity contribution in [3.05, 3.63) is 109 Å². The van der Waals surface area contributed by atoms with E-state index in [1.807, 2.05) is 0 Å². The van der Waals surface area contributed by atoms with Crippen LogP contribution < -0.4 is 0 Å². The van der Waals surface area contributed by atoms with Gasteiger partial charge in [0.25, 0.3) is 0 Å². The van der Waals surface area contributed by atoms with E-state index in [2.05, 4.69) is 130 Å². The minimum absolute atomic E-state index is 0.0940. The smallest absolute Gasteiger partial charge is 0.306 e. The zero-order chi connectivity index (χ0) is 51.4. The Morgan fingerprint density at radius 2 is 0.549 bits per heavy atom. The summed E-state index contributed by atoms with van der Waals surface area (Å²) in [6.45, 7) is 6.47. The number of hydrogen-bond donors (Lipinski definition) is 0. The first-order valence-corrected chi connectivity index (χ1v) is 29.4. The molecule has 0 N–H and O–H groups in total. The quantitative estimate of drug-likeness (QED) is 0.0261. The van der Waals surface area contributed by atoms with Gasteiger partial charge in [-0.2, -0.15) is 0 Å². The fourth-order valence-electron chi connectivity index (χ4n) is 7.86. The lowest BCUT2D eigenvalue weighted by Gasteiger charge is -2.18. The summed E-state index contributed by atoms with van der Waals surface area (Å²) in [6.07, 6.45) is 79.3. The maximum Gasteiger partial charge on any atom is 0.306 e. The summed E-state index contributed by atoms with van der Waals surface area (Å²) in [4.78, 5) is 38.1. The molecule has 0 amide bonds. The summed E-state index contributed by atoms with van der Waals surface area (Å²) in [6, 6.07) is 0. The maximum atomic E-state index is 12.8. The van der Waals surface area contributed by atoms with Crippen LogP contribution in [0, 0.1) is 0 Å². The monoisotopic (exact) mass is 985 g/mol. The molecular weight excluding hydrogens is 877 g/mol. The minimum Gasteiger partial charge on any atom is -0.462 e. The fraction of sp³-hybridized carbons (Fsp3) is 0.677. The number of ether oxygens (including phenoxy) is 3. The topological polar surface area (TPSA) is 78.9 Å². The van der Waals surface area contributed by atoms with E-state index in [4.69, 9.17) is 14.2 Å². The van der Waals surface area contributed by atoms with Gasteiger partial charge in [-0.25, -0.2) is 0 Å². The first-order valence-electron chi connectivity index (χ1n) is 29.4. The van der Waals surface area contributed by atoms with Gasteiger partial charge in [0.2, 0.25) is 0 Å². The molecule has 404 valence electrons. The lowest BCUT2D eigenvalue weighted by atomic mass is 10.0. The summed E-state index contributed by atoms with van der Waals surface area (Å²) in [5, 5.41) is 0. The van der Waals surface area contributed by atoms with Gasteiger partial charge in [0, 0.05) is 19.3 Å². The third-order valence-corrected chi connectivity index (χ3v) is 12.3. The molecule has 0 aliphatic heterocycles. The lowest BCUT2D eigenvalue weighted by Crippen LogP contribution is -2.30. The molecule has 0 bridgehead atoms. The van der Waals surface area contributed by atoms with Crippen LogP contribution in [-0.4, -0.2) is 37.2 Å². The van der Waals surface area contributed by atoms with Crippen molar-refractivity contribution in [2.45, 2.75) is 271 Å². The standard InChI is InChI=1S/C65H108O6/c1-4-7-10-13-16-19-22-25-27-29-30-31-32-33-34-35-36-37-39-40-43-46-49-52-55-58-64(67)70-61-62(60-69-63(66)57-54-51-48-45-42-24-21-18-15-12-9-6-3)71-65(68)59-56-53-50-47-44-41-38-28-26-23-20-17-14-11-8-5-2/h7,10,16,19-20,23,25,27-28,30-31,33-34,36-38,40,43,62H,4-6,8-9,11-15,17-18,21-22,24,26,29,32,35,39,41-42,44-61H2,1-3H3/b10-7-,19-16-,23-20-,27-25-,31-30-,34-33-,37-36-,38-28-,43-40-. The van der Waals surface area contributed by atoms with E-state index in [9.17, 15) is 14.4 Å². The third-order valence-electron chi connectivity index (χ3n) is 12.3. The van der Waals surface area contributed by atoms with E-state index in [0.717, 1.165) is 135 Å². The summed E-state index contributed by atoms with van der Waals surface area (Å²) >= 11 is 0. The van der Waals surface area contributed by atoms with E-state index < -0.39 is 6.10 Å². The van der Waals surface area contributed by atoms with Crippen LogP contribution >= 0.6 is 0 Å². The van der Waals surface area contributed by atoms with Crippen LogP contribution in [0.3, 0.4) is 0 Å². The molecule has 1 atom stereocenters. The Morgan fingerprint density at radius 3 is 0.887 bits per heavy atom. The van der Waals surface area contributed by atoms with Crippen molar-refractivity contribution in [3.8, 4) is 0 Å². The van der Waals surface area contributed by atoms with Crippen LogP contribution in [0.15, 0.2) is 109 Å². The highest BCUT2D eigenvalue weighted by atomic mass is 16.6. The second-order valence-corrected chi connectivity index (χ2v) is 19.2. The van der Waals surface area contributed by atoms with Gasteiger partial charge < -0.3 is 14.2 Å². The largest absolute Gasteiger partial charge is 0.462 e. The summed E-state index contributed by atoms with van der Waals surface area (Å²) in [5.74, 6) is -0.940. The number of esters is 3. The molecular formula is C65H108O6. The molecule has 0 heterocycles. The van der Waals surface area contributed by atoms with Gasteiger partial charge in [-0.15, -0.1) is 0 Å². The predicted octanol–water partition coefficient (Wildman–Crippen LogP) is 19.9. The Kier molecular flexibility index (Phi) is 55.4. The van der Waals surface area contributed by atoms with E-state index in [1.54, 1.807) is 0 Å². The zero-order valence-corrected chi connectivity index (χ0v) is 46.2. The maximum absolute atomic E-state index is 12.8. The summed E-state index contributed by atoms with van der Waals surface area (Å²) < 4.78 is 16.8. The molecule has 0 aromatic rings.